The van der Waals surface area contributed by atoms with E-state index in [-0.39, 0.29) is 24.6 Å². The fraction of sp³-hybridized carbons (Fsp3) is 0.263. The number of rotatable bonds is 9. The lowest BCUT2D eigenvalue weighted by Gasteiger charge is -2.16. The van der Waals surface area contributed by atoms with Crippen LogP contribution in [0.3, 0.4) is 0 Å². The van der Waals surface area contributed by atoms with Gasteiger partial charge in [0, 0.05) is 0 Å². The van der Waals surface area contributed by atoms with E-state index in [0.717, 1.165) is 11.3 Å². The number of benzene rings is 2. The van der Waals surface area contributed by atoms with Gasteiger partial charge in [-0.25, -0.2) is 9.18 Å². The highest BCUT2D eigenvalue weighted by Crippen LogP contribution is 2.14. The van der Waals surface area contributed by atoms with Crippen molar-refractivity contribution in [2.75, 3.05) is 13.2 Å². The molecule has 138 valence electrons. The van der Waals surface area contributed by atoms with Crippen LogP contribution in [0.4, 0.5) is 4.39 Å². The van der Waals surface area contributed by atoms with E-state index in [2.05, 4.69) is 5.32 Å². The zero-order valence-corrected chi connectivity index (χ0v) is 14.3. The van der Waals surface area contributed by atoms with Gasteiger partial charge in [-0.2, -0.15) is 0 Å². The third-order valence-corrected chi connectivity index (χ3v) is 3.45. The summed E-state index contributed by atoms with van der Waals surface area (Å²) in [7, 11) is 0. The van der Waals surface area contributed by atoms with Gasteiger partial charge in [-0.3, -0.25) is 4.79 Å². The summed E-state index contributed by atoms with van der Waals surface area (Å²) in [5.41, 5.74) is 0.775. The molecule has 26 heavy (non-hydrogen) atoms. The predicted molar refractivity (Wildman–Crippen MR) is 92.8 cm³/mol. The number of carbonyl (C=O) groups is 2. The molecule has 2 N–H and O–H groups in total. The van der Waals surface area contributed by atoms with E-state index in [1.54, 1.807) is 24.3 Å². The van der Waals surface area contributed by atoms with E-state index in [9.17, 15) is 19.1 Å². The van der Waals surface area contributed by atoms with Gasteiger partial charge in [-0.05, 0) is 48.9 Å². The van der Waals surface area contributed by atoms with Gasteiger partial charge in [0.25, 0.3) is 0 Å². The van der Waals surface area contributed by atoms with Crippen LogP contribution in [-0.4, -0.2) is 36.2 Å². The van der Waals surface area contributed by atoms with E-state index in [4.69, 9.17) is 9.47 Å². The lowest BCUT2D eigenvalue weighted by atomic mass is 10.1. The van der Waals surface area contributed by atoms with Crippen molar-refractivity contribution in [1.82, 2.24) is 5.32 Å². The third kappa shape index (κ3) is 6.08. The first-order chi connectivity index (χ1) is 12.5. The number of carboxylic acids is 1. The molecule has 0 fully saturated rings. The maximum Gasteiger partial charge on any atom is 0.346 e. The van der Waals surface area contributed by atoms with Crippen LogP contribution in [0.2, 0.25) is 0 Å². The number of aliphatic carboxylic acids is 1. The highest BCUT2D eigenvalue weighted by atomic mass is 19.1. The number of hydrogen-bond acceptors (Lipinski definition) is 4. The maximum atomic E-state index is 12.9. The minimum absolute atomic E-state index is 0.106. The summed E-state index contributed by atoms with van der Waals surface area (Å²) < 4.78 is 23.5. The number of carboxylic acid groups (broad SMARTS) is 1. The van der Waals surface area contributed by atoms with Crippen LogP contribution in [-0.2, 0) is 16.0 Å². The summed E-state index contributed by atoms with van der Waals surface area (Å²) in [4.78, 5) is 23.3. The average Bonchev–Trinajstić information content (AvgIpc) is 2.62. The molecule has 1 atom stereocenters. The quantitative estimate of drug-likeness (QED) is 0.716. The minimum Gasteiger partial charge on any atom is -0.494 e. The zero-order valence-electron chi connectivity index (χ0n) is 14.3. The van der Waals surface area contributed by atoms with Crippen LogP contribution < -0.4 is 14.8 Å². The molecule has 0 heterocycles. The first-order valence-corrected chi connectivity index (χ1v) is 8.11. The van der Waals surface area contributed by atoms with E-state index < -0.39 is 17.9 Å². The van der Waals surface area contributed by atoms with Crippen molar-refractivity contribution in [3.05, 3.63) is 59.9 Å². The second-order valence-corrected chi connectivity index (χ2v) is 5.46. The summed E-state index contributed by atoms with van der Waals surface area (Å²) >= 11 is 0. The molecule has 0 saturated heterocycles. The Labute approximate surface area is 150 Å². The normalized spacial score (nSPS) is 11.5. The van der Waals surface area contributed by atoms with Crippen LogP contribution in [0.1, 0.15) is 12.5 Å². The van der Waals surface area contributed by atoms with Crippen molar-refractivity contribution in [2.45, 2.75) is 19.4 Å². The largest absolute Gasteiger partial charge is 0.494 e. The van der Waals surface area contributed by atoms with Gasteiger partial charge >= 0.3 is 5.97 Å². The average molecular weight is 361 g/mol. The number of ether oxygens (including phenoxy) is 2. The predicted octanol–water partition coefficient (Wildman–Crippen LogP) is 2.42. The van der Waals surface area contributed by atoms with Crippen LogP contribution in [0.5, 0.6) is 11.5 Å². The summed E-state index contributed by atoms with van der Waals surface area (Å²) in [6, 6.07) is 12.1. The Morgan fingerprint density at radius 1 is 1.08 bits per heavy atom. The van der Waals surface area contributed by atoms with Gasteiger partial charge < -0.3 is 19.9 Å². The van der Waals surface area contributed by atoms with Gasteiger partial charge in [0.1, 0.15) is 17.3 Å². The van der Waals surface area contributed by atoms with Crippen LogP contribution in [0, 0.1) is 5.82 Å². The number of carbonyl (C=O) groups excluding carboxylic acids is 1. The van der Waals surface area contributed by atoms with Gasteiger partial charge in [0.05, 0.1) is 19.6 Å². The second kappa shape index (κ2) is 9.41. The molecule has 0 spiro atoms. The van der Waals surface area contributed by atoms with Crippen molar-refractivity contribution >= 4 is 11.9 Å². The standard InChI is InChI=1S/C19H20FNO5/c1-2-25-15-7-3-13(4-8-15)11-18(22)21-12-17(19(23)24)26-16-9-5-14(20)6-10-16/h3-10,17H,2,11-12H2,1H3,(H,21,22)(H,23,24). The Bertz CT molecular complexity index is 731. The molecule has 2 aromatic carbocycles. The maximum absolute atomic E-state index is 12.9. The summed E-state index contributed by atoms with van der Waals surface area (Å²) in [6.45, 7) is 2.24. The van der Waals surface area contributed by atoms with E-state index >= 15 is 0 Å². The molecule has 7 heteroatoms. The molecule has 0 bridgehead atoms. The monoisotopic (exact) mass is 361 g/mol. The molecule has 0 radical (unpaired) electrons. The Morgan fingerprint density at radius 3 is 2.27 bits per heavy atom. The SMILES string of the molecule is CCOc1ccc(CC(=O)NCC(Oc2ccc(F)cc2)C(=O)O)cc1. The molecule has 0 aliphatic rings. The fourth-order valence-electron chi connectivity index (χ4n) is 2.18. The number of amides is 1. The van der Waals surface area contributed by atoms with Crippen molar-refractivity contribution < 1.29 is 28.6 Å². The van der Waals surface area contributed by atoms with Crippen molar-refractivity contribution in [2.24, 2.45) is 0 Å². The van der Waals surface area contributed by atoms with Crippen LogP contribution in [0.25, 0.3) is 0 Å². The molecular weight excluding hydrogens is 341 g/mol. The number of hydrogen-bond donors (Lipinski definition) is 2. The Kier molecular flexibility index (Phi) is 6.96. The fourth-order valence-corrected chi connectivity index (χ4v) is 2.18. The molecule has 0 aliphatic carbocycles. The molecule has 6 nitrogen and oxygen atoms in total. The molecule has 1 amide bonds. The molecule has 0 saturated carbocycles. The van der Waals surface area contributed by atoms with Crippen LogP contribution in [0.15, 0.2) is 48.5 Å². The first-order valence-electron chi connectivity index (χ1n) is 8.11. The Morgan fingerprint density at radius 2 is 1.69 bits per heavy atom. The van der Waals surface area contributed by atoms with E-state index in [0.29, 0.717) is 6.61 Å². The topological polar surface area (TPSA) is 84.9 Å². The lowest BCUT2D eigenvalue weighted by Crippen LogP contribution is -2.40. The van der Waals surface area contributed by atoms with Gasteiger partial charge in [-0.1, -0.05) is 12.1 Å². The summed E-state index contributed by atoms with van der Waals surface area (Å²) in [6.07, 6.45) is -1.17. The lowest BCUT2D eigenvalue weighted by molar-refractivity contribution is -0.145. The second-order valence-electron chi connectivity index (χ2n) is 5.46. The van der Waals surface area contributed by atoms with Crippen molar-refractivity contribution in [3.8, 4) is 11.5 Å². The Hall–Kier alpha value is -3.09. The van der Waals surface area contributed by atoms with Gasteiger partial charge in [0.2, 0.25) is 12.0 Å². The van der Waals surface area contributed by atoms with E-state index in [1.807, 2.05) is 6.92 Å². The number of halogens is 1. The van der Waals surface area contributed by atoms with Crippen LogP contribution >= 0.6 is 0 Å². The highest BCUT2D eigenvalue weighted by Gasteiger charge is 2.20. The van der Waals surface area contributed by atoms with Crippen molar-refractivity contribution in [1.29, 1.82) is 0 Å². The zero-order chi connectivity index (χ0) is 18.9. The highest BCUT2D eigenvalue weighted by molar-refractivity contribution is 5.80. The van der Waals surface area contributed by atoms with Gasteiger partial charge in [-0.15, -0.1) is 0 Å². The molecular formula is C19H20FNO5. The number of nitrogens with one attached hydrogen (secondary N) is 1. The molecule has 2 aromatic rings. The van der Waals surface area contributed by atoms with Crippen molar-refractivity contribution in [3.63, 3.8) is 0 Å². The van der Waals surface area contributed by atoms with Gasteiger partial charge in [0.15, 0.2) is 0 Å². The molecule has 0 aromatic heterocycles. The summed E-state index contributed by atoms with van der Waals surface area (Å²) in [5, 5.41) is 11.7. The first kappa shape index (κ1) is 19.2. The molecule has 2 rings (SSSR count). The summed E-state index contributed by atoms with van der Waals surface area (Å²) in [5.74, 6) is -1.08. The third-order valence-electron chi connectivity index (χ3n) is 3.45. The smallest absolute Gasteiger partial charge is 0.346 e. The van der Waals surface area contributed by atoms with E-state index in [1.165, 1.54) is 24.3 Å². The minimum atomic E-state index is -1.27. The Balaban J connectivity index is 1.86. The molecule has 0 aliphatic heterocycles. The molecule has 1 unspecified atom stereocenters.